The van der Waals surface area contributed by atoms with Crippen LogP contribution in [0.15, 0.2) is 12.3 Å². The lowest BCUT2D eigenvalue weighted by Crippen LogP contribution is -2.50. The summed E-state index contributed by atoms with van der Waals surface area (Å²) in [7, 11) is 1.54. The Kier molecular flexibility index (Phi) is 6.66. The van der Waals surface area contributed by atoms with Crippen LogP contribution in [-0.4, -0.2) is 42.0 Å². The highest BCUT2D eigenvalue weighted by molar-refractivity contribution is 5.85. The van der Waals surface area contributed by atoms with Gasteiger partial charge >= 0.3 is 0 Å². The fraction of sp³-hybridized carbons (Fsp3) is 0.727. The highest BCUT2D eigenvalue weighted by Crippen LogP contribution is 2.39. The van der Waals surface area contributed by atoms with Crippen LogP contribution in [0.3, 0.4) is 0 Å². The predicted octanol–water partition coefficient (Wildman–Crippen LogP) is 3.11. The number of aromatic nitrogens is 1. The molecule has 3 rings (SSSR count). The number of ether oxygens (including phenoxy) is 2. The number of pyridine rings is 1. The molecular weight excluding hydrogens is 342 g/mol. The molecule has 27 heavy (non-hydrogen) atoms. The first kappa shape index (κ1) is 20.4. The lowest BCUT2D eigenvalue weighted by molar-refractivity contribution is -0.176. The predicted molar refractivity (Wildman–Crippen MR) is 103 cm³/mol. The summed E-state index contributed by atoms with van der Waals surface area (Å²) >= 11 is 0. The number of methoxy groups -OCH3 is 1. The van der Waals surface area contributed by atoms with Crippen molar-refractivity contribution in [1.29, 1.82) is 0 Å². The Labute approximate surface area is 162 Å². The van der Waals surface area contributed by atoms with Gasteiger partial charge in [-0.15, -0.1) is 0 Å². The third kappa shape index (κ3) is 4.58. The minimum absolute atomic E-state index is 0.0168. The molecule has 5 heteroatoms. The highest BCUT2D eigenvalue weighted by Gasteiger charge is 2.43. The molecule has 3 atom stereocenters. The number of carbonyl (C=O) groups is 1. The molecule has 150 valence electrons. The van der Waals surface area contributed by atoms with Crippen molar-refractivity contribution >= 4 is 5.78 Å². The summed E-state index contributed by atoms with van der Waals surface area (Å²) in [5, 5.41) is 9.77. The van der Waals surface area contributed by atoms with Crippen LogP contribution in [0.4, 0.5) is 0 Å². The second kappa shape index (κ2) is 8.80. The average Bonchev–Trinajstić information content (AvgIpc) is 3.40. The fourth-order valence-electron chi connectivity index (χ4n) is 4.43. The molecule has 0 aliphatic heterocycles. The molecule has 0 radical (unpaired) electrons. The van der Waals surface area contributed by atoms with Gasteiger partial charge in [0.1, 0.15) is 12.4 Å². The smallest absolute Gasteiger partial charge is 0.162 e. The van der Waals surface area contributed by atoms with Crippen LogP contribution in [0.25, 0.3) is 0 Å². The number of ketones is 1. The van der Waals surface area contributed by atoms with E-state index in [2.05, 4.69) is 11.1 Å². The van der Waals surface area contributed by atoms with Gasteiger partial charge in [-0.05, 0) is 55.2 Å². The van der Waals surface area contributed by atoms with Crippen molar-refractivity contribution in [3.05, 3.63) is 29.1 Å². The van der Waals surface area contributed by atoms with E-state index < -0.39 is 5.60 Å². The van der Waals surface area contributed by atoms with Crippen LogP contribution in [0.1, 0.15) is 56.4 Å². The summed E-state index contributed by atoms with van der Waals surface area (Å²) in [6, 6.07) is 2.12. The molecule has 1 heterocycles. The Bertz CT molecular complexity index is 658. The maximum Gasteiger partial charge on any atom is 0.162 e. The normalized spacial score (nSPS) is 22.3. The van der Waals surface area contributed by atoms with Crippen LogP contribution < -0.4 is 0 Å². The summed E-state index contributed by atoms with van der Waals surface area (Å²) in [6.45, 7) is 3.27. The van der Waals surface area contributed by atoms with Crippen LogP contribution >= 0.6 is 0 Å². The molecule has 1 N–H and O–H groups in total. The van der Waals surface area contributed by atoms with Crippen molar-refractivity contribution in [1.82, 2.24) is 4.98 Å². The third-order valence-electron chi connectivity index (χ3n) is 6.45. The second-order valence-electron chi connectivity index (χ2n) is 8.45. The number of aliphatic hydroxyl groups is 1. The number of rotatable bonds is 11. The molecule has 0 spiro atoms. The molecule has 1 saturated carbocycles. The summed E-state index contributed by atoms with van der Waals surface area (Å²) in [6.07, 6.45) is 9.82. The third-order valence-corrected chi connectivity index (χ3v) is 6.45. The second-order valence-corrected chi connectivity index (χ2v) is 8.45. The fourth-order valence-corrected chi connectivity index (χ4v) is 4.43. The number of Topliss-reactive ketones (excluding diaryl/α,β-unsaturated/α-hetero) is 1. The molecule has 0 aromatic carbocycles. The van der Waals surface area contributed by atoms with Gasteiger partial charge in [-0.3, -0.25) is 9.78 Å². The maximum atomic E-state index is 12.6. The summed E-state index contributed by atoms with van der Waals surface area (Å²) < 4.78 is 11.0. The van der Waals surface area contributed by atoms with Crippen molar-refractivity contribution in [3.8, 4) is 0 Å². The van der Waals surface area contributed by atoms with E-state index in [1.54, 1.807) is 0 Å². The number of hydrogen-bond donors (Lipinski definition) is 1. The molecule has 3 unspecified atom stereocenters. The zero-order valence-corrected chi connectivity index (χ0v) is 16.9. The molecule has 0 amide bonds. The van der Waals surface area contributed by atoms with Gasteiger partial charge in [-0.25, -0.2) is 0 Å². The van der Waals surface area contributed by atoms with E-state index in [1.165, 1.54) is 50.8 Å². The zero-order valence-electron chi connectivity index (χ0n) is 16.9. The van der Waals surface area contributed by atoms with Gasteiger partial charge in [-0.2, -0.15) is 0 Å². The van der Waals surface area contributed by atoms with Gasteiger partial charge in [-0.1, -0.05) is 26.2 Å². The molecular formula is C22H33NO4. The van der Waals surface area contributed by atoms with E-state index in [0.717, 1.165) is 24.5 Å². The molecule has 5 nitrogen and oxygen atoms in total. The molecule has 0 saturated heterocycles. The number of aliphatic hydroxyl groups excluding tert-OH is 1. The first-order valence-corrected chi connectivity index (χ1v) is 10.2. The molecule has 1 aromatic rings. The van der Waals surface area contributed by atoms with Gasteiger partial charge < -0.3 is 14.6 Å². The van der Waals surface area contributed by atoms with Crippen LogP contribution in [0.2, 0.25) is 0 Å². The molecule has 1 fully saturated rings. The number of nitrogens with zero attached hydrogens (tertiary/aromatic N) is 1. The largest absolute Gasteiger partial charge is 0.396 e. The lowest BCUT2D eigenvalue weighted by Gasteiger charge is -2.36. The first-order chi connectivity index (χ1) is 13.0. The van der Waals surface area contributed by atoms with Crippen molar-refractivity contribution in [2.24, 2.45) is 17.8 Å². The number of hydrogen-bond acceptors (Lipinski definition) is 5. The zero-order chi connectivity index (χ0) is 19.4. The number of fused-ring (bicyclic) bond motifs is 1. The van der Waals surface area contributed by atoms with Gasteiger partial charge in [0.2, 0.25) is 0 Å². The SMILES string of the molecule is COCOC(Cc1nccc2c1CC(CCC1CC1)C2)(C(C)=O)C(C)CO. The molecule has 2 aliphatic carbocycles. The Hall–Kier alpha value is -1.30. The number of carbonyl (C=O) groups excluding carboxylic acids is 1. The van der Waals surface area contributed by atoms with E-state index in [-0.39, 0.29) is 25.1 Å². The summed E-state index contributed by atoms with van der Waals surface area (Å²) in [4.78, 5) is 17.2. The maximum absolute atomic E-state index is 12.6. The summed E-state index contributed by atoms with van der Waals surface area (Å²) in [5.74, 6) is 1.22. The monoisotopic (exact) mass is 375 g/mol. The Balaban J connectivity index is 1.80. The minimum atomic E-state index is -1.11. The highest BCUT2D eigenvalue weighted by atomic mass is 16.7. The van der Waals surface area contributed by atoms with Gasteiger partial charge in [0.15, 0.2) is 5.78 Å². The molecule has 1 aromatic heterocycles. The van der Waals surface area contributed by atoms with Crippen molar-refractivity contribution in [3.63, 3.8) is 0 Å². The first-order valence-electron chi connectivity index (χ1n) is 10.2. The van der Waals surface area contributed by atoms with Crippen molar-refractivity contribution in [2.45, 2.75) is 64.4 Å². The van der Waals surface area contributed by atoms with Crippen LogP contribution in [0, 0.1) is 17.8 Å². The minimum Gasteiger partial charge on any atom is -0.396 e. The van der Waals surface area contributed by atoms with E-state index in [1.807, 2.05) is 13.1 Å². The lowest BCUT2D eigenvalue weighted by atomic mass is 9.80. The standard InChI is InChI=1S/C22H33NO4/c1-15(13-24)22(16(2)25,27-14-26-3)12-21-20-11-18(7-6-17-4-5-17)10-19(20)8-9-23-21/h8-9,15,17-18,24H,4-7,10-14H2,1-3H3. The Morgan fingerprint density at radius 2 is 2.07 bits per heavy atom. The Morgan fingerprint density at radius 3 is 2.70 bits per heavy atom. The van der Waals surface area contributed by atoms with Crippen molar-refractivity contribution in [2.75, 3.05) is 20.5 Å². The quantitative estimate of drug-likeness (QED) is 0.602. The van der Waals surface area contributed by atoms with Crippen LogP contribution in [0.5, 0.6) is 0 Å². The van der Waals surface area contributed by atoms with Crippen molar-refractivity contribution < 1.29 is 19.4 Å². The van der Waals surface area contributed by atoms with E-state index in [0.29, 0.717) is 12.3 Å². The average molecular weight is 376 g/mol. The van der Waals surface area contributed by atoms with E-state index in [4.69, 9.17) is 9.47 Å². The van der Waals surface area contributed by atoms with Crippen LogP contribution in [-0.2, 0) is 33.5 Å². The van der Waals surface area contributed by atoms with Gasteiger partial charge in [0, 0.05) is 37.9 Å². The Morgan fingerprint density at radius 1 is 1.33 bits per heavy atom. The van der Waals surface area contributed by atoms with Gasteiger partial charge in [0.05, 0.1) is 0 Å². The van der Waals surface area contributed by atoms with Gasteiger partial charge in [0.25, 0.3) is 0 Å². The van der Waals surface area contributed by atoms with E-state index in [9.17, 15) is 9.90 Å². The molecule has 2 aliphatic rings. The van der Waals surface area contributed by atoms with E-state index >= 15 is 0 Å². The summed E-state index contributed by atoms with van der Waals surface area (Å²) in [5.41, 5.74) is 2.48. The topological polar surface area (TPSA) is 68.7 Å². The molecule has 0 bridgehead atoms.